The molecule has 4 aromatic rings. The van der Waals surface area contributed by atoms with Gasteiger partial charge in [0, 0.05) is 15.6 Å². The summed E-state index contributed by atoms with van der Waals surface area (Å²) < 4.78 is 2.51. The molecule has 1 unspecified atom stereocenters. The summed E-state index contributed by atoms with van der Waals surface area (Å²) in [6.45, 7) is 0. The summed E-state index contributed by atoms with van der Waals surface area (Å²) in [5, 5.41) is 1.35. The van der Waals surface area contributed by atoms with Crippen LogP contribution in [0.1, 0.15) is 34.7 Å². The van der Waals surface area contributed by atoms with E-state index < -0.39 is 0 Å². The van der Waals surface area contributed by atoms with E-state index >= 15 is 0 Å². The zero-order valence-corrected chi connectivity index (χ0v) is 19.8. The van der Waals surface area contributed by atoms with Gasteiger partial charge in [-0.05, 0) is 65.4 Å². The Kier molecular flexibility index (Phi) is 5.10. The van der Waals surface area contributed by atoms with E-state index in [1.165, 1.54) is 22.5 Å². The van der Waals surface area contributed by atoms with Crippen LogP contribution in [-0.2, 0) is 6.42 Å². The van der Waals surface area contributed by atoms with Crippen LogP contribution in [0, 0.1) is 0 Å². The minimum atomic E-state index is -0.200. The fourth-order valence-electron chi connectivity index (χ4n) is 4.68. The number of thiazole rings is 1. The van der Waals surface area contributed by atoms with Crippen molar-refractivity contribution in [3.63, 3.8) is 0 Å². The van der Waals surface area contributed by atoms with E-state index in [9.17, 15) is 4.79 Å². The molecule has 6 heteroatoms. The molecule has 1 aliphatic heterocycles. The standard InChI is InChI=1S/C27H18Cl2N2OS/c28-19-10-5-16(6-11-19)15-23-26(32)31-25(18-7-12-20(29)13-8-18)22-14-9-17-3-1-2-4-21(17)24(22)30-27(31)33-23/h1-8,10-13,15,25H,9,14H2. The summed E-state index contributed by atoms with van der Waals surface area (Å²) in [6.07, 6.45) is 3.71. The highest BCUT2D eigenvalue weighted by Crippen LogP contribution is 2.41. The van der Waals surface area contributed by atoms with E-state index in [1.54, 1.807) is 0 Å². The highest BCUT2D eigenvalue weighted by Gasteiger charge is 2.32. The Balaban J connectivity index is 1.62. The van der Waals surface area contributed by atoms with Gasteiger partial charge in [-0.1, -0.05) is 83.1 Å². The van der Waals surface area contributed by atoms with Gasteiger partial charge in [-0.25, -0.2) is 4.99 Å². The molecule has 1 atom stereocenters. The normalized spacial score (nSPS) is 17.3. The maximum Gasteiger partial charge on any atom is 0.271 e. The fourth-order valence-corrected chi connectivity index (χ4v) is 5.93. The molecule has 0 saturated carbocycles. The van der Waals surface area contributed by atoms with Crippen LogP contribution in [0.3, 0.4) is 0 Å². The molecule has 0 radical (unpaired) electrons. The molecule has 162 valence electrons. The Morgan fingerprint density at radius 1 is 0.909 bits per heavy atom. The first-order valence-electron chi connectivity index (χ1n) is 10.7. The Bertz CT molecular complexity index is 1600. The van der Waals surface area contributed by atoms with Crippen molar-refractivity contribution in [3.8, 4) is 0 Å². The molecule has 0 bridgehead atoms. The number of fused-ring (bicyclic) bond motifs is 3. The van der Waals surface area contributed by atoms with E-state index in [-0.39, 0.29) is 11.6 Å². The number of hydrogen-bond donors (Lipinski definition) is 0. The average Bonchev–Trinajstić information content (AvgIpc) is 3.14. The molecular weight excluding hydrogens is 471 g/mol. The Hall–Kier alpha value is -2.92. The topological polar surface area (TPSA) is 34.4 Å². The van der Waals surface area contributed by atoms with E-state index in [4.69, 9.17) is 28.2 Å². The van der Waals surface area contributed by atoms with Gasteiger partial charge >= 0.3 is 0 Å². The smallest absolute Gasteiger partial charge is 0.271 e. The first kappa shape index (κ1) is 20.7. The van der Waals surface area contributed by atoms with Crippen LogP contribution in [0.15, 0.2) is 88.2 Å². The monoisotopic (exact) mass is 488 g/mol. The number of halogens is 2. The first-order valence-corrected chi connectivity index (χ1v) is 12.3. The predicted octanol–water partition coefficient (Wildman–Crippen LogP) is 5.63. The van der Waals surface area contributed by atoms with Gasteiger partial charge < -0.3 is 0 Å². The Morgan fingerprint density at radius 2 is 1.61 bits per heavy atom. The quantitative estimate of drug-likeness (QED) is 0.360. The van der Waals surface area contributed by atoms with Gasteiger partial charge in [0.25, 0.3) is 5.56 Å². The molecule has 0 N–H and O–H groups in total. The Labute approximate surface area is 204 Å². The molecule has 2 aliphatic rings. The number of hydrogen-bond acceptors (Lipinski definition) is 3. The molecule has 1 aliphatic carbocycles. The molecule has 6 rings (SSSR count). The highest BCUT2D eigenvalue weighted by molar-refractivity contribution is 7.07. The van der Waals surface area contributed by atoms with Gasteiger partial charge in [0.15, 0.2) is 4.80 Å². The number of aryl methyl sites for hydroxylation is 1. The lowest BCUT2D eigenvalue weighted by atomic mass is 9.83. The SMILES string of the molecule is O=c1c(=Cc2ccc(Cl)cc2)sc2n1C(c1ccc(Cl)cc1)C1=C(N=2)c2ccccc2CC1. The van der Waals surface area contributed by atoms with Crippen molar-refractivity contribution in [1.29, 1.82) is 0 Å². The second-order valence-electron chi connectivity index (χ2n) is 8.22. The van der Waals surface area contributed by atoms with Gasteiger partial charge in [0.05, 0.1) is 16.3 Å². The molecule has 0 saturated heterocycles. The van der Waals surface area contributed by atoms with Crippen molar-refractivity contribution in [2.75, 3.05) is 0 Å². The van der Waals surface area contributed by atoms with Crippen LogP contribution in [0.4, 0.5) is 0 Å². The van der Waals surface area contributed by atoms with Crippen LogP contribution in [0.5, 0.6) is 0 Å². The molecule has 3 aromatic carbocycles. The largest absolute Gasteiger partial charge is 0.272 e. The number of nitrogens with zero attached hydrogens (tertiary/aromatic N) is 2. The molecule has 1 aromatic heterocycles. The third kappa shape index (κ3) is 3.59. The predicted molar refractivity (Wildman–Crippen MR) is 136 cm³/mol. The molecular formula is C27H18Cl2N2OS. The second-order valence-corrected chi connectivity index (χ2v) is 10.1. The van der Waals surface area contributed by atoms with Gasteiger partial charge in [0.1, 0.15) is 0 Å². The van der Waals surface area contributed by atoms with Crippen LogP contribution in [0.2, 0.25) is 10.0 Å². The third-order valence-electron chi connectivity index (χ3n) is 6.23. The van der Waals surface area contributed by atoms with E-state index in [0.717, 1.165) is 40.0 Å². The summed E-state index contributed by atoms with van der Waals surface area (Å²) in [6, 6.07) is 23.5. The zero-order chi connectivity index (χ0) is 22.5. The average molecular weight is 489 g/mol. The maximum atomic E-state index is 13.7. The molecule has 0 spiro atoms. The summed E-state index contributed by atoms with van der Waals surface area (Å²) in [5.74, 6) is 0. The minimum Gasteiger partial charge on any atom is -0.272 e. The molecule has 0 amide bonds. The maximum absolute atomic E-state index is 13.7. The Morgan fingerprint density at radius 3 is 2.36 bits per heavy atom. The number of aromatic nitrogens is 1. The lowest BCUT2D eigenvalue weighted by Gasteiger charge is -2.30. The lowest BCUT2D eigenvalue weighted by molar-refractivity contribution is 0.585. The lowest BCUT2D eigenvalue weighted by Crippen LogP contribution is -2.38. The molecule has 2 heterocycles. The van der Waals surface area contributed by atoms with E-state index in [2.05, 4.69) is 24.3 Å². The van der Waals surface area contributed by atoms with Gasteiger partial charge in [-0.2, -0.15) is 0 Å². The van der Waals surface area contributed by atoms with Crippen molar-refractivity contribution in [2.24, 2.45) is 4.99 Å². The van der Waals surface area contributed by atoms with E-state index in [0.29, 0.717) is 14.6 Å². The van der Waals surface area contributed by atoms with Crippen molar-refractivity contribution in [2.45, 2.75) is 18.9 Å². The number of rotatable bonds is 2. The second kappa shape index (κ2) is 8.14. The fraction of sp³-hybridized carbons (Fsp3) is 0.111. The van der Waals surface area contributed by atoms with Crippen LogP contribution in [0.25, 0.3) is 11.8 Å². The molecule has 3 nitrogen and oxygen atoms in total. The third-order valence-corrected chi connectivity index (χ3v) is 7.71. The first-order chi connectivity index (χ1) is 16.1. The van der Waals surface area contributed by atoms with Gasteiger partial charge in [-0.3, -0.25) is 9.36 Å². The highest BCUT2D eigenvalue weighted by atomic mass is 35.5. The van der Waals surface area contributed by atoms with Crippen molar-refractivity contribution < 1.29 is 0 Å². The van der Waals surface area contributed by atoms with E-state index in [1.807, 2.05) is 59.2 Å². The van der Waals surface area contributed by atoms with Gasteiger partial charge in [-0.15, -0.1) is 0 Å². The van der Waals surface area contributed by atoms with Crippen LogP contribution in [-0.4, -0.2) is 4.57 Å². The van der Waals surface area contributed by atoms with Crippen LogP contribution < -0.4 is 14.9 Å². The zero-order valence-electron chi connectivity index (χ0n) is 17.5. The summed E-state index contributed by atoms with van der Waals surface area (Å²) in [7, 11) is 0. The van der Waals surface area contributed by atoms with Crippen LogP contribution >= 0.6 is 34.5 Å². The number of allylic oxidation sites excluding steroid dienone is 1. The summed E-state index contributed by atoms with van der Waals surface area (Å²) >= 11 is 13.6. The summed E-state index contributed by atoms with van der Waals surface area (Å²) in [4.78, 5) is 19.4. The van der Waals surface area contributed by atoms with Gasteiger partial charge in [0.2, 0.25) is 0 Å². The van der Waals surface area contributed by atoms with Crippen molar-refractivity contribution in [1.82, 2.24) is 4.57 Å². The number of benzene rings is 3. The minimum absolute atomic E-state index is 0.0286. The molecule has 33 heavy (non-hydrogen) atoms. The molecule has 0 fully saturated rings. The summed E-state index contributed by atoms with van der Waals surface area (Å²) in [5.41, 5.74) is 6.59. The van der Waals surface area contributed by atoms with Crippen molar-refractivity contribution >= 4 is 46.3 Å². The van der Waals surface area contributed by atoms with Crippen molar-refractivity contribution in [3.05, 3.63) is 130 Å².